The van der Waals surface area contributed by atoms with Crippen molar-refractivity contribution in [3.05, 3.63) is 30.1 Å². The Balaban J connectivity index is 2.16. The highest BCUT2D eigenvalue weighted by Crippen LogP contribution is 2.17. The molecule has 0 aromatic carbocycles. The molecular formula is C10H16NP. The lowest BCUT2D eigenvalue weighted by molar-refractivity contribution is 0.892. The van der Waals surface area contributed by atoms with E-state index < -0.39 is 0 Å². The monoisotopic (exact) mass is 181 g/mol. The van der Waals surface area contributed by atoms with Gasteiger partial charge in [-0.05, 0) is 24.7 Å². The van der Waals surface area contributed by atoms with E-state index in [0.29, 0.717) is 0 Å². The number of hydrogen-bond donors (Lipinski definition) is 0. The van der Waals surface area contributed by atoms with Gasteiger partial charge in [0.1, 0.15) is 0 Å². The Kier molecular flexibility index (Phi) is 4.94. The highest BCUT2D eigenvalue weighted by molar-refractivity contribution is 7.37. The molecule has 0 aliphatic rings. The number of hydrogen-bond acceptors (Lipinski definition) is 1. The molecule has 1 rings (SSSR count). The van der Waals surface area contributed by atoms with Gasteiger partial charge < -0.3 is 0 Å². The number of aromatic nitrogens is 1. The van der Waals surface area contributed by atoms with Gasteiger partial charge in [-0.25, -0.2) is 0 Å². The van der Waals surface area contributed by atoms with Gasteiger partial charge in [-0.15, -0.1) is 8.58 Å². The van der Waals surface area contributed by atoms with Gasteiger partial charge in [0, 0.05) is 18.1 Å². The van der Waals surface area contributed by atoms with Crippen LogP contribution >= 0.6 is 8.58 Å². The Labute approximate surface area is 76.4 Å². The zero-order chi connectivity index (χ0) is 8.65. The molecule has 0 aliphatic carbocycles. The lowest BCUT2D eigenvalue weighted by atomic mass is 10.4. The van der Waals surface area contributed by atoms with Crippen molar-refractivity contribution in [3.63, 3.8) is 0 Å². The summed E-state index contributed by atoms with van der Waals surface area (Å²) in [4.78, 5) is 4.28. The van der Waals surface area contributed by atoms with Crippen LogP contribution in [0.2, 0.25) is 0 Å². The first-order valence-electron chi connectivity index (χ1n) is 4.54. The summed E-state index contributed by atoms with van der Waals surface area (Å²) in [6.07, 6.45) is 7.09. The fourth-order valence-corrected chi connectivity index (χ4v) is 2.27. The fraction of sp³-hybridized carbons (Fsp3) is 0.500. The molecule has 0 radical (unpaired) electrons. The zero-order valence-corrected chi connectivity index (χ0v) is 8.59. The van der Waals surface area contributed by atoms with Crippen LogP contribution in [0, 0.1) is 0 Å². The lowest BCUT2D eigenvalue weighted by Gasteiger charge is -1.99. The van der Waals surface area contributed by atoms with Crippen molar-refractivity contribution < 1.29 is 0 Å². The minimum absolute atomic E-state index is 1.05. The highest BCUT2D eigenvalue weighted by Gasteiger charge is 1.91. The first kappa shape index (κ1) is 9.67. The van der Waals surface area contributed by atoms with E-state index in [2.05, 4.69) is 24.0 Å². The maximum Gasteiger partial charge on any atom is 0.0443 e. The van der Waals surface area contributed by atoms with Gasteiger partial charge in [0.25, 0.3) is 0 Å². The quantitative estimate of drug-likeness (QED) is 0.502. The first-order valence-corrected chi connectivity index (χ1v) is 5.95. The molecule has 1 aromatic rings. The molecular weight excluding hydrogens is 165 g/mol. The highest BCUT2D eigenvalue weighted by atomic mass is 31.1. The van der Waals surface area contributed by atoms with Crippen molar-refractivity contribution in [2.45, 2.75) is 25.9 Å². The van der Waals surface area contributed by atoms with E-state index in [9.17, 15) is 0 Å². The standard InChI is InChI=1S/C10H16NP/c1-2-3-8-12-9-10-6-4-5-7-11-10/h4-7,12H,2-3,8-9H2,1H3. The Morgan fingerprint density at radius 3 is 3.00 bits per heavy atom. The summed E-state index contributed by atoms with van der Waals surface area (Å²) in [5.74, 6) is 0. The minimum Gasteiger partial charge on any atom is -0.261 e. The molecule has 0 bridgehead atoms. The Hall–Kier alpha value is -0.420. The summed E-state index contributed by atoms with van der Waals surface area (Å²) in [6, 6.07) is 6.14. The fourth-order valence-electron chi connectivity index (χ4n) is 1.02. The van der Waals surface area contributed by atoms with Crippen molar-refractivity contribution in [1.82, 2.24) is 4.98 Å². The zero-order valence-electron chi connectivity index (χ0n) is 7.59. The molecule has 66 valence electrons. The third-order valence-electron chi connectivity index (χ3n) is 1.74. The Morgan fingerprint density at radius 1 is 1.42 bits per heavy atom. The molecule has 2 heteroatoms. The third kappa shape index (κ3) is 3.82. The van der Waals surface area contributed by atoms with Gasteiger partial charge in [0.15, 0.2) is 0 Å². The number of nitrogens with zero attached hydrogens (tertiary/aromatic N) is 1. The molecule has 1 nitrogen and oxygen atoms in total. The molecule has 0 spiro atoms. The van der Waals surface area contributed by atoms with Crippen LogP contribution in [-0.4, -0.2) is 11.1 Å². The number of unbranched alkanes of at least 4 members (excludes halogenated alkanes) is 1. The third-order valence-corrected chi connectivity index (χ3v) is 3.06. The van der Waals surface area contributed by atoms with Crippen LogP contribution in [0.25, 0.3) is 0 Å². The number of rotatable bonds is 5. The van der Waals surface area contributed by atoms with E-state index in [-0.39, 0.29) is 0 Å². The molecule has 0 fully saturated rings. The van der Waals surface area contributed by atoms with E-state index in [1.165, 1.54) is 30.9 Å². The maximum atomic E-state index is 4.28. The van der Waals surface area contributed by atoms with Crippen molar-refractivity contribution in [2.24, 2.45) is 0 Å². The van der Waals surface area contributed by atoms with Gasteiger partial charge in [0.2, 0.25) is 0 Å². The van der Waals surface area contributed by atoms with Crippen LogP contribution < -0.4 is 0 Å². The summed E-state index contributed by atoms with van der Waals surface area (Å²) in [7, 11) is 1.05. The molecule has 12 heavy (non-hydrogen) atoms. The van der Waals surface area contributed by atoms with Crippen molar-refractivity contribution in [2.75, 3.05) is 6.16 Å². The molecule has 1 unspecified atom stereocenters. The van der Waals surface area contributed by atoms with E-state index in [4.69, 9.17) is 0 Å². The lowest BCUT2D eigenvalue weighted by Crippen LogP contribution is -1.84. The van der Waals surface area contributed by atoms with Crippen molar-refractivity contribution in [1.29, 1.82) is 0 Å². The SMILES string of the molecule is CCCCPCc1ccccn1. The van der Waals surface area contributed by atoms with Crippen LogP contribution in [0.15, 0.2) is 24.4 Å². The normalized spacial score (nSPS) is 11.1. The Bertz CT molecular complexity index is 198. The van der Waals surface area contributed by atoms with Crippen LogP contribution in [0.4, 0.5) is 0 Å². The van der Waals surface area contributed by atoms with Gasteiger partial charge >= 0.3 is 0 Å². The molecule has 1 heterocycles. The minimum atomic E-state index is 1.05. The van der Waals surface area contributed by atoms with Gasteiger partial charge in [0.05, 0.1) is 0 Å². The van der Waals surface area contributed by atoms with Crippen LogP contribution in [0.3, 0.4) is 0 Å². The van der Waals surface area contributed by atoms with E-state index in [1.807, 2.05) is 12.3 Å². The second-order valence-electron chi connectivity index (χ2n) is 2.85. The molecule has 0 amide bonds. The number of pyridine rings is 1. The largest absolute Gasteiger partial charge is 0.261 e. The molecule has 0 N–H and O–H groups in total. The maximum absolute atomic E-state index is 4.28. The van der Waals surface area contributed by atoms with Gasteiger partial charge in [-0.2, -0.15) is 0 Å². The topological polar surface area (TPSA) is 12.9 Å². The van der Waals surface area contributed by atoms with E-state index in [0.717, 1.165) is 8.58 Å². The smallest absolute Gasteiger partial charge is 0.0443 e. The molecule has 0 aliphatic heterocycles. The molecule has 1 aromatic heterocycles. The molecule has 0 saturated carbocycles. The summed E-state index contributed by atoms with van der Waals surface area (Å²) >= 11 is 0. The first-order chi connectivity index (χ1) is 5.93. The second-order valence-corrected chi connectivity index (χ2v) is 4.20. The average Bonchev–Trinajstić information content (AvgIpc) is 2.14. The van der Waals surface area contributed by atoms with Crippen molar-refractivity contribution in [3.8, 4) is 0 Å². The summed E-state index contributed by atoms with van der Waals surface area (Å²) in [5, 5.41) is 0. The van der Waals surface area contributed by atoms with Crippen molar-refractivity contribution >= 4 is 8.58 Å². The van der Waals surface area contributed by atoms with E-state index in [1.54, 1.807) is 0 Å². The van der Waals surface area contributed by atoms with E-state index >= 15 is 0 Å². The second kappa shape index (κ2) is 6.14. The van der Waals surface area contributed by atoms with Gasteiger partial charge in [-0.1, -0.05) is 19.4 Å². The average molecular weight is 181 g/mol. The molecule has 0 saturated heterocycles. The van der Waals surface area contributed by atoms with Gasteiger partial charge in [-0.3, -0.25) is 4.98 Å². The summed E-state index contributed by atoms with van der Waals surface area (Å²) < 4.78 is 0. The predicted octanol–water partition coefficient (Wildman–Crippen LogP) is 3.06. The van der Waals surface area contributed by atoms with Crippen LogP contribution in [-0.2, 0) is 6.16 Å². The van der Waals surface area contributed by atoms with Crippen LogP contribution in [0.5, 0.6) is 0 Å². The predicted molar refractivity (Wildman–Crippen MR) is 56.0 cm³/mol. The summed E-state index contributed by atoms with van der Waals surface area (Å²) in [5.41, 5.74) is 1.24. The Morgan fingerprint density at radius 2 is 2.33 bits per heavy atom. The molecule has 1 atom stereocenters. The summed E-state index contributed by atoms with van der Waals surface area (Å²) in [6.45, 7) is 2.24. The van der Waals surface area contributed by atoms with Crippen LogP contribution in [0.1, 0.15) is 25.5 Å².